The van der Waals surface area contributed by atoms with Crippen molar-refractivity contribution in [3.63, 3.8) is 0 Å². The van der Waals surface area contributed by atoms with E-state index in [0.717, 1.165) is 11.3 Å². The van der Waals surface area contributed by atoms with Gasteiger partial charge in [0.25, 0.3) is 0 Å². The van der Waals surface area contributed by atoms with E-state index in [2.05, 4.69) is 9.46 Å². The highest BCUT2D eigenvalue weighted by Crippen LogP contribution is 2.27. The van der Waals surface area contributed by atoms with Gasteiger partial charge < -0.3 is 9.84 Å². The number of thiophene rings is 1. The zero-order valence-electron chi connectivity index (χ0n) is 12.6. The molecular weight excluding hydrogens is 314 g/mol. The Kier molecular flexibility index (Phi) is 5.92. The van der Waals surface area contributed by atoms with Gasteiger partial charge in [0.15, 0.2) is 0 Å². The Morgan fingerprint density at radius 3 is 2.48 bits per heavy atom. The number of sulfonamides is 1. The molecule has 0 aliphatic carbocycles. The maximum absolute atomic E-state index is 12.4. The monoisotopic (exact) mass is 335 g/mol. The van der Waals surface area contributed by atoms with Crippen LogP contribution in [0, 0.1) is 6.92 Å². The Bertz CT molecular complexity index is 602. The maximum atomic E-state index is 12.4. The number of carbonyl (C=O) groups is 1. The average molecular weight is 335 g/mol. The summed E-state index contributed by atoms with van der Waals surface area (Å²) in [7, 11) is -2.68. The Morgan fingerprint density at radius 1 is 1.43 bits per heavy atom. The van der Waals surface area contributed by atoms with E-state index in [4.69, 9.17) is 0 Å². The van der Waals surface area contributed by atoms with Crippen LogP contribution < -0.4 is 4.72 Å². The Morgan fingerprint density at radius 2 is 2.00 bits per heavy atom. The van der Waals surface area contributed by atoms with E-state index < -0.39 is 21.6 Å². The van der Waals surface area contributed by atoms with Gasteiger partial charge in [-0.25, -0.2) is 17.9 Å². The normalized spacial score (nSPS) is 12.4. The molecule has 1 rings (SSSR count). The molecule has 6 nitrogen and oxygen atoms in total. The average Bonchev–Trinajstić information content (AvgIpc) is 2.86. The van der Waals surface area contributed by atoms with Crippen molar-refractivity contribution >= 4 is 27.3 Å². The van der Waals surface area contributed by atoms with Crippen molar-refractivity contribution in [3.05, 3.63) is 15.8 Å². The highest BCUT2D eigenvalue weighted by Gasteiger charge is 2.30. The van der Waals surface area contributed by atoms with Gasteiger partial charge in [-0.2, -0.15) is 0 Å². The largest absolute Gasteiger partial charge is 0.465 e. The summed E-state index contributed by atoms with van der Waals surface area (Å²) >= 11 is 1.02. The Labute approximate surface area is 129 Å². The minimum absolute atomic E-state index is 0.0408. The molecule has 0 aliphatic heterocycles. The second-order valence-electron chi connectivity index (χ2n) is 4.82. The van der Waals surface area contributed by atoms with Gasteiger partial charge in [-0.3, -0.25) is 0 Å². The van der Waals surface area contributed by atoms with Crippen molar-refractivity contribution in [2.45, 2.75) is 44.1 Å². The molecule has 21 heavy (non-hydrogen) atoms. The maximum Gasteiger partial charge on any atom is 0.349 e. The number of ether oxygens (including phenoxy) is 1. The van der Waals surface area contributed by atoms with Gasteiger partial charge in [-0.1, -0.05) is 13.8 Å². The van der Waals surface area contributed by atoms with Crippen molar-refractivity contribution in [1.29, 1.82) is 0 Å². The summed E-state index contributed by atoms with van der Waals surface area (Å²) in [4.78, 5) is 11.6. The summed E-state index contributed by atoms with van der Waals surface area (Å²) in [6.07, 6.45) is 0.858. The van der Waals surface area contributed by atoms with Crippen LogP contribution >= 0.6 is 11.3 Å². The standard InChI is InChI=1S/C13H21NO5S2/c1-5-13(16,6-2)8-14-21(17,18)11-9(3)7-20-10(11)12(15)19-4/h7,14,16H,5-6,8H2,1-4H3. The summed E-state index contributed by atoms with van der Waals surface area (Å²) in [5, 5.41) is 11.8. The molecule has 1 aromatic rings. The van der Waals surface area contributed by atoms with Crippen LogP contribution in [0.15, 0.2) is 10.3 Å². The van der Waals surface area contributed by atoms with E-state index in [0.29, 0.717) is 18.4 Å². The SMILES string of the molecule is CCC(O)(CC)CNS(=O)(=O)c1c(C)csc1C(=O)OC. The number of methoxy groups -OCH3 is 1. The van der Waals surface area contributed by atoms with E-state index in [1.165, 1.54) is 7.11 Å². The van der Waals surface area contributed by atoms with Gasteiger partial charge in [0.2, 0.25) is 10.0 Å². The molecule has 120 valence electrons. The van der Waals surface area contributed by atoms with Crippen molar-refractivity contribution in [1.82, 2.24) is 4.72 Å². The molecule has 1 aromatic heterocycles. The third-order valence-electron chi connectivity index (χ3n) is 3.46. The van der Waals surface area contributed by atoms with Gasteiger partial charge >= 0.3 is 5.97 Å². The molecular formula is C13H21NO5S2. The van der Waals surface area contributed by atoms with Gasteiger partial charge in [-0.05, 0) is 30.7 Å². The lowest BCUT2D eigenvalue weighted by atomic mass is 9.98. The van der Waals surface area contributed by atoms with Crippen molar-refractivity contribution in [2.75, 3.05) is 13.7 Å². The summed E-state index contributed by atoms with van der Waals surface area (Å²) < 4.78 is 31.8. The van der Waals surface area contributed by atoms with E-state index >= 15 is 0 Å². The predicted octanol–water partition coefficient (Wildman–Crippen LogP) is 1.67. The summed E-state index contributed by atoms with van der Waals surface area (Å²) in [6.45, 7) is 5.09. The van der Waals surface area contributed by atoms with Gasteiger partial charge in [0.05, 0.1) is 12.7 Å². The third kappa shape index (κ3) is 4.03. The molecule has 2 N–H and O–H groups in total. The topological polar surface area (TPSA) is 92.7 Å². The van der Waals surface area contributed by atoms with Crippen LogP contribution in [0.5, 0.6) is 0 Å². The first-order chi connectivity index (χ1) is 9.70. The first-order valence-corrected chi connectivity index (χ1v) is 8.95. The van der Waals surface area contributed by atoms with Crippen LogP contribution in [0.3, 0.4) is 0 Å². The third-order valence-corrected chi connectivity index (χ3v) is 6.26. The first-order valence-electron chi connectivity index (χ1n) is 6.59. The molecule has 0 aromatic carbocycles. The summed E-state index contributed by atoms with van der Waals surface area (Å²) in [5.74, 6) is -0.685. The molecule has 0 bridgehead atoms. The molecule has 0 spiro atoms. The van der Waals surface area contributed by atoms with Gasteiger partial charge in [-0.15, -0.1) is 11.3 Å². The predicted molar refractivity (Wildman–Crippen MR) is 81.1 cm³/mol. The lowest BCUT2D eigenvalue weighted by Crippen LogP contribution is -2.42. The van der Waals surface area contributed by atoms with Crippen LogP contribution in [-0.4, -0.2) is 38.7 Å². The smallest absolute Gasteiger partial charge is 0.349 e. The molecule has 0 aliphatic rings. The molecule has 0 saturated carbocycles. The number of aliphatic hydroxyl groups is 1. The molecule has 0 atom stereocenters. The summed E-state index contributed by atoms with van der Waals surface area (Å²) in [5.41, 5.74) is -0.618. The molecule has 0 radical (unpaired) electrons. The minimum Gasteiger partial charge on any atom is -0.465 e. The Balaban J connectivity index is 3.09. The summed E-state index contributed by atoms with van der Waals surface area (Å²) in [6, 6.07) is 0. The number of aryl methyl sites for hydroxylation is 1. The lowest BCUT2D eigenvalue weighted by molar-refractivity contribution is 0.0377. The fourth-order valence-corrected chi connectivity index (χ4v) is 4.62. The van der Waals surface area contributed by atoms with Crippen LogP contribution in [0.25, 0.3) is 0 Å². The van der Waals surface area contributed by atoms with E-state index in [9.17, 15) is 18.3 Å². The minimum atomic E-state index is -3.89. The number of hydrogen-bond donors (Lipinski definition) is 2. The van der Waals surface area contributed by atoms with Crippen LogP contribution in [0.1, 0.15) is 41.9 Å². The quantitative estimate of drug-likeness (QED) is 0.740. The highest BCUT2D eigenvalue weighted by atomic mass is 32.2. The van der Waals surface area contributed by atoms with E-state index in [1.807, 2.05) is 0 Å². The zero-order chi connectivity index (χ0) is 16.3. The number of esters is 1. The molecule has 1 heterocycles. The number of rotatable bonds is 7. The van der Waals surface area contributed by atoms with E-state index in [-0.39, 0.29) is 16.3 Å². The zero-order valence-corrected chi connectivity index (χ0v) is 14.2. The fraction of sp³-hybridized carbons (Fsp3) is 0.615. The van der Waals surface area contributed by atoms with Gasteiger partial charge in [0, 0.05) is 6.54 Å². The van der Waals surface area contributed by atoms with Crippen LogP contribution in [0.2, 0.25) is 0 Å². The molecule has 0 amide bonds. The van der Waals surface area contributed by atoms with Crippen LogP contribution in [-0.2, 0) is 14.8 Å². The number of nitrogens with one attached hydrogen (secondary N) is 1. The molecule has 0 unspecified atom stereocenters. The lowest BCUT2D eigenvalue weighted by Gasteiger charge is -2.25. The highest BCUT2D eigenvalue weighted by molar-refractivity contribution is 7.89. The molecule has 8 heteroatoms. The Hall–Kier alpha value is -0.960. The fourth-order valence-electron chi connectivity index (χ4n) is 1.80. The number of hydrogen-bond acceptors (Lipinski definition) is 6. The van der Waals surface area contributed by atoms with Gasteiger partial charge in [0.1, 0.15) is 9.77 Å². The first kappa shape index (κ1) is 18.1. The van der Waals surface area contributed by atoms with E-state index in [1.54, 1.807) is 26.2 Å². The molecule has 0 saturated heterocycles. The van der Waals surface area contributed by atoms with Crippen LogP contribution in [0.4, 0.5) is 0 Å². The second kappa shape index (κ2) is 6.87. The van der Waals surface area contributed by atoms with Crippen molar-refractivity contribution in [2.24, 2.45) is 0 Å². The second-order valence-corrected chi connectivity index (χ2v) is 7.41. The number of carbonyl (C=O) groups excluding carboxylic acids is 1. The van der Waals surface area contributed by atoms with Crippen molar-refractivity contribution in [3.8, 4) is 0 Å². The molecule has 0 fully saturated rings. The van der Waals surface area contributed by atoms with Crippen molar-refractivity contribution < 1.29 is 23.1 Å².